The van der Waals surface area contributed by atoms with Crippen LogP contribution in [0.2, 0.25) is 0 Å². The second-order valence-corrected chi connectivity index (χ2v) is 5.16. The molecule has 7 heteroatoms. The molecule has 2 heterocycles. The summed E-state index contributed by atoms with van der Waals surface area (Å²) in [5.41, 5.74) is 0.761. The largest absolute Gasteiger partial charge is 0.359 e. The monoisotopic (exact) mass is 264 g/mol. The maximum atomic E-state index is 10.9. The molecule has 94 valence electrons. The van der Waals surface area contributed by atoms with E-state index in [0.29, 0.717) is 6.54 Å². The Labute approximate surface area is 108 Å². The molecule has 0 aliphatic carbocycles. The number of nitro groups is 1. The summed E-state index contributed by atoms with van der Waals surface area (Å²) in [5.74, 6) is 0.289. The summed E-state index contributed by atoms with van der Waals surface area (Å²) in [5, 5.41) is 14.8. The van der Waals surface area contributed by atoms with E-state index < -0.39 is 4.92 Å². The van der Waals surface area contributed by atoms with Gasteiger partial charge in [0.1, 0.15) is 0 Å². The Balaban J connectivity index is 2.16. The summed E-state index contributed by atoms with van der Waals surface area (Å²) < 4.78 is 0. The van der Waals surface area contributed by atoms with Gasteiger partial charge in [-0.15, -0.1) is 11.3 Å². The van der Waals surface area contributed by atoms with Crippen molar-refractivity contribution in [1.82, 2.24) is 9.97 Å². The Morgan fingerprint density at radius 1 is 1.39 bits per heavy atom. The van der Waals surface area contributed by atoms with E-state index in [9.17, 15) is 10.1 Å². The van der Waals surface area contributed by atoms with Crippen LogP contribution in [0.25, 0.3) is 0 Å². The first-order valence-electron chi connectivity index (χ1n) is 5.32. The van der Waals surface area contributed by atoms with E-state index in [1.54, 1.807) is 30.7 Å². The van der Waals surface area contributed by atoms with Gasteiger partial charge in [0, 0.05) is 23.3 Å². The molecule has 0 atom stereocenters. The third-order valence-corrected chi connectivity index (χ3v) is 3.21. The zero-order chi connectivity index (χ0) is 13.1. The summed E-state index contributed by atoms with van der Waals surface area (Å²) in [4.78, 5) is 19.7. The lowest BCUT2D eigenvalue weighted by molar-refractivity contribution is -0.384. The molecule has 0 radical (unpaired) electrons. The zero-order valence-corrected chi connectivity index (χ0v) is 10.8. The van der Waals surface area contributed by atoms with Gasteiger partial charge < -0.3 is 5.32 Å². The van der Waals surface area contributed by atoms with Gasteiger partial charge >= 0.3 is 5.69 Å². The Kier molecular flexibility index (Phi) is 3.52. The van der Waals surface area contributed by atoms with E-state index in [1.807, 2.05) is 6.92 Å². The van der Waals surface area contributed by atoms with Gasteiger partial charge in [0.15, 0.2) is 0 Å². The normalized spacial score (nSPS) is 10.3. The number of hydrogen-bond donors (Lipinski definition) is 1. The van der Waals surface area contributed by atoms with Crippen molar-refractivity contribution in [2.75, 3.05) is 5.32 Å². The molecular weight excluding hydrogens is 252 g/mol. The van der Waals surface area contributed by atoms with Gasteiger partial charge in [-0.05, 0) is 19.4 Å². The van der Waals surface area contributed by atoms with Crippen LogP contribution < -0.4 is 5.32 Å². The van der Waals surface area contributed by atoms with Crippen LogP contribution in [0, 0.1) is 24.0 Å². The lowest BCUT2D eigenvalue weighted by Gasteiger charge is -2.04. The quantitative estimate of drug-likeness (QED) is 0.678. The van der Waals surface area contributed by atoms with Gasteiger partial charge in [0.2, 0.25) is 5.82 Å². The van der Waals surface area contributed by atoms with Crippen molar-refractivity contribution in [3.05, 3.63) is 44.0 Å². The smallest absolute Gasteiger partial charge is 0.311 e. The molecule has 0 amide bonds. The molecule has 2 rings (SSSR count). The molecule has 0 aliphatic heterocycles. The molecule has 0 saturated heterocycles. The Bertz CT molecular complexity index is 582. The average molecular weight is 264 g/mol. The van der Waals surface area contributed by atoms with Crippen LogP contribution in [0.4, 0.5) is 11.5 Å². The molecule has 2 aromatic rings. The Morgan fingerprint density at radius 2 is 2.17 bits per heavy atom. The van der Waals surface area contributed by atoms with Crippen LogP contribution in [0.15, 0.2) is 18.5 Å². The van der Waals surface area contributed by atoms with Gasteiger partial charge in [-0.2, -0.15) is 0 Å². The minimum atomic E-state index is -0.430. The maximum Gasteiger partial charge on any atom is 0.311 e. The van der Waals surface area contributed by atoms with Crippen LogP contribution >= 0.6 is 11.3 Å². The standard InChI is InChI=1S/C11H12N4O2S/c1-7-3-10(15(16)17)11(13-4-7)14-6-9-5-12-8(2)18-9/h3-5H,6H2,1-2H3,(H,13,14). The minimum absolute atomic E-state index is 0.00348. The molecular formula is C11H12N4O2S. The molecule has 0 aliphatic rings. The van der Waals surface area contributed by atoms with Gasteiger partial charge in [0.05, 0.1) is 16.5 Å². The number of rotatable bonds is 4. The van der Waals surface area contributed by atoms with Gasteiger partial charge in [-0.1, -0.05) is 0 Å². The highest BCUT2D eigenvalue weighted by atomic mass is 32.1. The summed E-state index contributed by atoms with van der Waals surface area (Å²) in [6.45, 7) is 4.18. The fraction of sp³-hybridized carbons (Fsp3) is 0.273. The SMILES string of the molecule is Cc1cnc(NCc2cnc(C)s2)c([N+](=O)[O-])c1. The number of nitrogens with one attached hydrogen (secondary N) is 1. The molecule has 0 unspecified atom stereocenters. The predicted octanol–water partition coefficient (Wildman–Crippen LogP) is 2.68. The molecule has 1 N–H and O–H groups in total. The van der Waals surface area contributed by atoms with Crippen molar-refractivity contribution in [2.45, 2.75) is 20.4 Å². The van der Waals surface area contributed by atoms with Crippen molar-refractivity contribution in [2.24, 2.45) is 0 Å². The Morgan fingerprint density at radius 3 is 2.78 bits per heavy atom. The van der Waals surface area contributed by atoms with Gasteiger partial charge in [0.25, 0.3) is 0 Å². The molecule has 2 aromatic heterocycles. The number of aryl methyl sites for hydroxylation is 2. The van der Waals surface area contributed by atoms with E-state index in [2.05, 4.69) is 15.3 Å². The van der Waals surface area contributed by atoms with E-state index in [-0.39, 0.29) is 11.5 Å². The number of aromatic nitrogens is 2. The van der Waals surface area contributed by atoms with Crippen LogP contribution in [0.5, 0.6) is 0 Å². The van der Waals surface area contributed by atoms with Crippen molar-refractivity contribution >= 4 is 22.8 Å². The van der Waals surface area contributed by atoms with Crippen LogP contribution in [0.3, 0.4) is 0 Å². The highest BCUT2D eigenvalue weighted by molar-refractivity contribution is 7.11. The summed E-state index contributed by atoms with van der Waals surface area (Å²) >= 11 is 1.55. The first-order valence-corrected chi connectivity index (χ1v) is 6.14. The molecule has 0 bridgehead atoms. The highest BCUT2D eigenvalue weighted by Crippen LogP contribution is 2.23. The van der Waals surface area contributed by atoms with Gasteiger partial charge in [-0.25, -0.2) is 9.97 Å². The maximum absolute atomic E-state index is 10.9. The summed E-state index contributed by atoms with van der Waals surface area (Å²) in [6, 6.07) is 1.51. The van der Waals surface area contributed by atoms with E-state index in [4.69, 9.17) is 0 Å². The molecule has 0 spiro atoms. The van der Waals surface area contributed by atoms with Crippen LogP contribution in [-0.4, -0.2) is 14.9 Å². The number of hydrogen-bond acceptors (Lipinski definition) is 6. The topological polar surface area (TPSA) is 81.0 Å². The second-order valence-electron chi connectivity index (χ2n) is 3.84. The van der Waals surface area contributed by atoms with Gasteiger partial charge in [-0.3, -0.25) is 10.1 Å². The molecule has 6 nitrogen and oxygen atoms in total. The molecule has 0 saturated carbocycles. The molecule has 0 aromatic carbocycles. The summed E-state index contributed by atoms with van der Waals surface area (Å²) in [7, 11) is 0. The number of nitrogens with zero attached hydrogens (tertiary/aromatic N) is 3. The lowest BCUT2D eigenvalue weighted by atomic mass is 10.3. The number of anilines is 1. The van der Waals surface area contributed by atoms with E-state index in [1.165, 1.54) is 6.07 Å². The number of pyridine rings is 1. The van der Waals surface area contributed by atoms with Crippen molar-refractivity contribution in [1.29, 1.82) is 0 Å². The first-order chi connectivity index (χ1) is 8.56. The van der Waals surface area contributed by atoms with Crippen molar-refractivity contribution in [3.8, 4) is 0 Å². The Hall–Kier alpha value is -2.02. The average Bonchev–Trinajstić information content (AvgIpc) is 2.73. The fourth-order valence-electron chi connectivity index (χ4n) is 1.49. The predicted molar refractivity (Wildman–Crippen MR) is 69.8 cm³/mol. The summed E-state index contributed by atoms with van der Waals surface area (Å²) in [6.07, 6.45) is 3.36. The molecule has 0 fully saturated rings. The van der Waals surface area contributed by atoms with E-state index in [0.717, 1.165) is 15.4 Å². The second kappa shape index (κ2) is 5.09. The molecule has 18 heavy (non-hydrogen) atoms. The number of thiazole rings is 1. The van der Waals surface area contributed by atoms with Crippen LogP contribution in [0.1, 0.15) is 15.4 Å². The van der Waals surface area contributed by atoms with E-state index >= 15 is 0 Å². The first kappa shape index (κ1) is 12.4. The minimum Gasteiger partial charge on any atom is -0.359 e. The third-order valence-electron chi connectivity index (χ3n) is 2.30. The van der Waals surface area contributed by atoms with Crippen molar-refractivity contribution < 1.29 is 4.92 Å². The fourth-order valence-corrected chi connectivity index (χ4v) is 2.22. The third kappa shape index (κ3) is 2.80. The zero-order valence-electron chi connectivity index (χ0n) is 10.0. The lowest BCUT2D eigenvalue weighted by Crippen LogP contribution is -2.04. The van der Waals surface area contributed by atoms with Crippen molar-refractivity contribution in [3.63, 3.8) is 0 Å². The highest BCUT2D eigenvalue weighted by Gasteiger charge is 2.15. The van der Waals surface area contributed by atoms with Crippen LogP contribution in [-0.2, 0) is 6.54 Å².